The van der Waals surface area contributed by atoms with Gasteiger partial charge in [-0.2, -0.15) is 10.4 Å². The highest BCUT2D eigenvalue weighted by Crippen LogP contribution is 2.20. The van der Waals surface area contributed by atoms with Crippen LogP contribution in [0, 0.1) is 11.3 Å². The molecule has 0 saturated carbocycles. The Morgan fingerprint density at radius 3 is 2.65 bits per heavy atom. The average molecular weight is 233 g/mol. The maximum absolute atomic E-state index is 9.33. The minimum Gasteiger partial charge on any atom is -0.314 e. The second-order valence-corrected chi connectivity index (χ2v) is 4.67. The minimum atomic E-state index is -0.162. The van der Waals surface area contributed by atoms with Crippen LogP contribution in [0.4, 0.5) is 0 Å². The molecule has 0 amide bonds. The lowest BCUT2D eigenvalue weighted by Gasteiger charge is -2.30. The minimum absolute atomic E-state index is 0.162. The maximum atomic E-state index is 9.33. The molecule has 1 aromatic rings. The van der Waals surface area contributed by atoms with E-state index in [1.54, 1.807) is 0 Å². The van der Waals surface area contributed by atoms with Gasteiger partial charge in [0.15, 0.2) is 0 Å². The summed E-state index contributed by atoms with van der Waals surface area (Å²) in [5, 5.41) is 16.9. The van der Waals surface area contributed by atoms with E-state index in [2.05, 4.69) is 35.2 Å². The van der Waals surface area contributed by atoms with Crippen LogP contribution in [0.15, 0.2) is 12.4 Å². The number of nitrogens with one attached hydrogen (secondary N) is 1. The summed E-state index contributed by atoms with van der Waals surface area (Å²) in [7, 11) is 0. The molecule has 1 atom stereocenters. The predicted octanol–water partition coefficient (Wildman–Crippen LogP) is 0.934. The molecule has 1 aliphatic rings. The van der Waals surface area contributed by atoms with Gasteiger partial charge in [0.05, 0.1) is 12.3 Å². The first-order valence-corrected chi connectivity index (χ1v) is 6.11. The molecular formula is C12H19N5. The van der Waals surface area contributed by atoms with Crippen molar-refractivity contribution in [1.29, 1.82) is 5.26 Å². The number of hydrogen-bond acceptors (Lipinski definition) is 4. The van der Waals surface area contributed by atoms with Crippen LogP contribution in [0.1, 0.15) is 31.5 Å². The molecule has 1 aromatic heterocycles. The molecule has 0 aromatic carbocycles. The van der Waals surface area contributed by atoms with E-state index in [1.807, 2.05) is 17.1 Å². The molecule has 0 aliphatic carbocycles. The predicted molar refractivity (Wildman–Crippen MR) is 65.4 cm³/mol. The van der Waals surface area contributed by atoms with E-state index in [4.69, 9.17) is 0 Å². The molecule has 1 unspecified atom stereocenters. The van der Waals surface area contributed by atoms with Crippen molar-refractivity contribution in [3.63, 3.8) is 0 Å². The highest BCUT2D eigenvalue weighted by molar-refractivity contribution is 5.18. The van der Waals surface area contributed by atoms with Crippen LogP contribution in [-0.4, -0.2) is 40.9 Å². The zero-order valence-electron chi connectivity index (χ0n) is 10.4. The van der Waals surface area contributed by atoms with E-state index in [-0.39, 0.29) is 6.04 Å². The molecule has 0 bridgehead atoms. The number of nitrogens with zero attached hydrogens (tertiary/aromatic N) is 4. The summed E-state index contributed by atoms with van der Waals surface area (Å²) in [4.78, 5) is 2.21. The Morgan fingerprint density at radius 1 is 1.41 bits per heavy atom. The van der Waals surface area contributed by atoms with Crippen LogP contribution < -0.4 is 5.32 Å². The fourth-order valence-corrected chi connectivity index (χ4v) is 2.08. The average Bonchev–Trinajstić information content (AvgIpc) is 2.81. The summed E-state index contributed by atoms with van der Waals surface area (Å²) in [5.41, 5.74) is 1.00. The van der Waals surface area contributed by atoms with Crippen LogP contribution >= 0.6 is 0 Å². The summed E-state index contributed by atoms with van der Waals surface area (Å²) in [5.74, 6) is 0. The van der Waals surface area contributed by atoms with Gasteiger partial charge >= 0.3 is 0 Å². The lowest BCUT2D eigenvalue weighted by molar-refractivity contribution is 0.207. The lowest BCUT2D eigenvalue weighted by Crippen LogP contribution is -2.44. The first-order chi connectivity index (χ1) is 8.22. The van der Waals surface area contributed by atoms with Gasteiger partial charge in [0.25, 0.3) is 0 Å². The highest BCUT2D eigenvalue weighted by atomic mass is 15.3. The topological polar surface area (TPSA) is 56.9 Å². The summed E-state index contributed by atoms with van der Waals surface area (Å²) < 4.78 is 1.90. The summed E-state index contributed by atoms with van der Waals surface area (Å²) in [6.07, 6.45) is 3.80. The molecular weight excluding hydrogens is 214 g/mol. The molecule has 5 heteroatoms. The van der Waals surface area contributed by atoms with Gasteiger partial charge in [-0.05, 0) is 13.8 Å². The van der Waals surface area contributed by atoms with E-state index in [1.165, 1.54) is 0 Å². The molecule has 1 saturated heterocycles. The number of nitriles is 1. The Hall–Kier alpha value is -1.38. The van der Waals surface area contributed by atoms with E-state index < -0.39 is 0 Å². The van der Waals surface area contributed by atoms with E-state index >= 15 is 0 Å². The van der Waals surface area contributed by atoms with Gasteiger partial charge in [-0.1, -0.05) is 0 Å². The lowest BCUT2D eigenvalue weighted by atomic mass is 10.1. The fourth-order valence-electron chi connectivity index (χ4n) is 2.08. The molecule has 92 valence electrons. The van der Waals surface area contributed by atoms with Crippen molar-refractivity contribution in [1.82, 2.24) is 20.0 Å². The van der Waals surface area contributed by atoms with Crippen LogP contribution in [0.25, 0.3) is 0 Å². The standard InChI is InChI=1S/C12H19N5/c1-10(2)17-9-11(8-15-17)12(7-13)16-5-3-14-4-6-16/h8-10,12,14H,3-6H2,1-2H3. The summed E-state index contributed by atoms with van der Waals surface area (Å²) >= 11 is 0. The van der Waals surface area contributed by atoms with E-state index in [0.717, 1.165) is 31.7 Å². The Labute approximate surface area is 102 Å². The smallest absolute Gasteiger partial charge is 0.126 e. The van der Waals surface area contributed by atoms with Crippen molar-refractivity contribution in [3.8, 4) is 6.07 Å². The van der Waals surface area contributed by atoms with Crippen molar-refractivity contribution in [2.75, 3.05) is 26.2 Å². The largest absolute Gasteiger partial charge is 0.314 e. The van der Waals surface area contributed by atoms with Gasteiger partial charge in [-0.3, -0.25) is 9.58 Å². The number of aromatic nitrogens is 2. The SMILES string of the molecule is CC(C)n1cc(C(C#N)N2CCNCC2)cn1. The number of piperazine rings is 1. The molecule has 2 rings (SSSR count). The van der Waals surface area contributed by atoms with Crippen LogP contribution in [-0.2, 0) is 0 Å². The van der Waals surface area contributed by atoms with Crippen molar-refractivity contribution in [3.05, 3.63) is 18.0 Å². The first kappa shape index (κ1) is 12.1. The number of rotatable bonds is 3. The Balaban J connectivity index is 2.14. The van der Waals surface area contributed by atoms with Gasteiger partial charge < -0.3 is 5.32 Å². The quantitative estimate of drug-likeness (QED) is 0.844. The molecule has 17 heavy (non-hydrogen) atoms. The Kier molecular flexibility index (Phi) is 3.77. The van der Waals surface area contributed by atoms with E-state index in [9.17, 15) is 5.26 Å². The van der Waals surface area contributed by atoms with Gasteiger partial charge in [-0.25, -0.2) is 0 Å². The molecule has 5 nitrogen and oxygen atoms in total. The Morgan fingerprint density at radius 2 is 2.12 bits per heavy atom. The zero-order valence-corrected chi connectivity index (χ0v) is 10.4. The molecule has 1 aliphatic heterocycles. The zero-order chi connectivity index (χ0) is 12.3. The second kappa shape index (κ2) is 5.30. The fraction of sp³-hybridized carbons (Fsp3) is 0.667. The van der Waals surface area contributed by atoms with Crippen molar-refractivity contribution < 1.29 is 0 Å². The number of hydrogen-bond donors (Lipinski definition) is 1. The van der Waals surface area contributed by atoms with Gasteiger partial charge in [0, 0.05) is 44.0 Å². The molecule has 2 heterocycles. The van der Waals surface area contributed by atoms with Crippen molar-refractivity contribution >= 4 is 0 Å². The monoisotopic (exact) mass is 233 g/mol. The van der Waals surface area contributed by atoms with Gasteiger partial charge in [0.2, 0.25) is 0 Å². The van der Waals surface area contributed by atoms with Crippen molar-refractivity contribution in [2.45, 2.75) is 25.9 Å². The third-order valence-corrected chi connectivity index (χ3v) is 3.11. The third-order valence-electron chi connectivity index (χ3n) is 3.11. The normalized spacial score (nSPS) is 19.2. The van der Waals surface area contributed by atoms with Crippen LogP contribution in [0.5, 0.6) is 0 Å². The van der Waals surface area contributed by atoms with E-state index in [0.29, 0.717) is 6.04 Å². The molecule has 0 radical (unpaired) electrons. The second-order valence-electron chi connectivity index (χ2n) is 4.67. The maximum Gasteiger partial charge on any atom is 0.126 e. The van der Waals surface area contributed by atoms with Gasteiger partial charge in [-0.15, -0.1) is 0 Å². The van der Waals surface area contributed by atoms with Crippen molar-refractivity contribution in [2.24, 2.45) is 0 Å². The molecule has 0 spiro atoms. The highest BCUT2D eigenvalue weighted by Gasteiger charge is 2.23. The van der Waals surface area contributed by atoms with Gasteiger partial charge in [0.1, 0.15) is 6.04 Å². The molecule has 1 fully saturated rings. The Bertz CT molecular complexity index is 397. The first-order valence-electron chi connectivity index (χ1n) is 6.11. The van der Waals surface area contributed by atoms with Crippen LogP contribution in [0.2, 0.25) is 0 Å². The van der Waals surface area contributed by atoms with Crippen LogP contribution in [0.3, 0.4) is 0 Å². The summed E-state index contributed by atoms with van der Waals surface area (Å²) in [6, 6.07) is 2.56. The molecule has 1 N–H and O–H groups in total. The summed E-state index contributed by atoms with van der Waals surface area (Å²) in [6.45, 7) is 7.93. The third kappa shape index (κ3) is 2.65.